The van der Waals surface area contributed by atoms with Gasteiger partial charge in [0.05, 0.1) is 22.1 Å². The Morgan fingerprint density at radius 2 is 0.500 bits per heavy atom. The zero-order chi connectivity index (χ0) is 59.5. The third-order valence-corrected chi connectivity index (χ3v) is 17.9. The lowest BCUT2D eigenvalue weighted by Crippen LogP contribution is -1.97. The van der Waals surface area contributed by atoms with Crippen LogP contribution >= 0.6 is 0 Å². The maximum Gasteiger partial charge on any atom is 0.145 e. The Balaban J connectivity index is 0.000000139. The quantitative estimate of drug-likeness (QED) is 0.142. The molecule has 2 heterocycles. The lowest BCUT2D eigenvalue weighted by Gasteiger charge is -2.18. The number of hydrogen-bond donors (Lipinski definition) is 0. The first-order chi connectivity index (χ1) is 44.7. The van der Waals surface area contributed by atoms with Crippen LogP contribution in [0, 0.1) is 0 Å². The van der Waals surface area contributed by atoms with E-state index in [1.807, 2.05) is 6.07 Å². The van der Waals surface area contributed by atoms with Gasteiger partial charge in [-0.3, -0.25) is 9.13 Å². The number of para-hydroxylation sites is 3. The second-order valence-electron chi connectivity index (χ2n) is 23.2. The summed E-state index contributed by atoms with van der Waals surface area (Å²) in [5, 5.41) is 15.0. The van der Waals surface area contributed by atoms with E-state index in [2.05, 4.69) is 343 Å². The van der Waals surface area contributed by atoms with Crippen LogP contribution in [0.1, 0.15) is 0 Å². The van der Waals surface area contributed by atoms with E-state index in [1.165, 1.54) is 104 Å². The summed E-state index contributed by atoms with van der Waals surface area (Å²) in [5.41, 5.74) is 18.4. The molecule has 0 bridgehead atoms. The molecule has 18 aromatic rings. The van der Waals surface area contributed by atoms with Crippen molar-refractivity contribution in [1.82, 2.24) is 19.1 Å². The van der Waals surface area contributed by atoms with E-state index in [1.54, 1.807) is 0 Å². The Labute approximate surface area is 521 Å². The molecule has 4 heteroatoms. The van der Waals surface area contributed by atoms with E-state index >= 15 is 0 Å². The van der Waals surface area contributed by atoms with Gasteiger partial charge in [-0.2, -0.15) is 0 Å². The number of benzene rings is 16. The van der Waals surface area contributed by atoms with Gasteiger partial charge in [0.15, 0.2) is 0 Å². The lowest BCUT2D eigenvalue weighted by atomic mass is 9.85. The molecule has 0 unspecified atom stereocenters. The molecule has 18 rings (SSSR count). The van der Waals surface area contributed by atoms with E-state index in [0.717, 1.165) is 61.8 Å². The van der Waals surface area contributed by atoms with Crippen LogP contribution in [0.2, 0.25) is 0 Å². The Morgan fingerprint density at radius 3 is 0.956 bits per heavy atom. The normalized spacial score (nSPS) is 11.6. The van der Waals surface area contributed by atoms with Crippen LogP contribution in [0.5, 0.6) is 0 Å². The van der Waals surface area contributed by atoms with Crippen LogP contribution in [0.15, 0.2) is 340 Å². The Bertz CT molecular complexity index is 5650. The number of fused-ring (bicyclic) bond motifs is 8. The van der Waals surface area contributed by atoms with Crippen molar-refractivity contribution in [2.75, 3.05) is 0 Å². The highest BCUT2D eigenvalue weighted by molar-refractivity contribution is 6.23. The van der Waals surface area contributed by atoms with E-state index < -0.39 is 0 Å². The highest BCUT2D eigenvalue weighted by atomic mass is 15.1. The van der Waals surface area contributed by atoms with Crippen molar-refractivity contribution in [3.8, 4) is 78.7 Å². The van der Waals surface area contributed by atoms with Crippen molar-refractivity contribution in [2.24, 2.45) is 0 Å². The van der Waals surface area contributed by atoms with Gasteiger partial charge in [-0.1, -0.05) is 279 Å². The Kier molecular flexibility index (Phi) is 12.8. The average Bonchev–Trinajstić information content (AvgIpc) is 0.851. The van der Waals surface area contributed by atoms with Gasteiger partial charge in [0, 0.05) is 22.5 Å². The molecule has 0 radical (unpaired) electrons. The highest BCUT2D eigenvalue weighted by Gasteiger charge is 2.22. The SMILES string of the molecule is c1ccc(-c2nc3cc(-c4c5ccccc5c(-c5ccc6ccccc6c5)c5ccccc45)ccc3n2-c2ccccc2)cc1.c1ccc(-c2nc3ccccc3n2-c2ccc(-c3c4ccccc4c(-c4ccc5ccccc5c4)c4ccccc34)cc2)cc1. The van der Waals surface area contributed by atoms with E-state index in [-0.39, 0.29) is 0 Å². The van der Waals surface area contributed by atoms with Crippen LogP contribution in [-0.4, -0.2) is 19.1 Å². The topological polar surface area (TPSA) is 35.6 Å². The molecule has 0 atom stereocenters. The van der Waals surface area contributed by atoms with Crippen LogP contribution in [-0.2, 0) is 0 Å². The molecule has 2 aromatic heterocycles. The van der Waals surface area contributed by atoms with Gasteiger partial charge in [0.25, 0.3) is 0 Å². The molecular weight excluding hydrogens is 1090 g/mol. The van der Waals surface area contributed by atoms with Gasteiger partial charge in [-0.05, 0) is 170 Å². The third-order valence-electron chi connectivity index (χ3n) is 17.9. The van der Waals surface area contributed by atoms with Crippen LogP contribution in [0.25, 0.3) is 165 Å². The molecule has 0 aliphatic rings. The molecule has 0 fully saturated rings. The van der Waals surface area contributed by atoms with Crippen molar-refractivity contribution < 1.29 is 0 Å². The molecule has 0 aliphatic heterocycles. The molecule has 420 valence electrons. The molecule has 0 N–H and O–H groups in total. The van der Waals surface area contributed by atoms with Crippen LogP contribution in [0.4, 0.5) is 0 Å². The highest BCUT2D eigenvalue weighted by Crippen LogP contribution is 2.47. The summed E-state index contributed by atoms with van der Waals surface area (Å²) in [6.07, 6.45) is 0. The van der Waals surface area contributed by atoms with Crippen molar-refractivity contribution in [1.29, 1.82) is 0 Å². The Hall–Kier alpha value is -12.0. The second kappa shape index (κ2) is 22.1. The second-order valence-corrected chi connectivity index (χ2v) is 23.2. The molecule has 16 aromatic carbocycles. The number of aromatic nitrogens is 4. The van der Waals surface area contributed by atoms with Crippen molar-refractivity contribution >= 4 is 86.7 Å². The summed E-state index contributed by atoms with van der Waals surface area (Å²) in [6.45, 7) is 0. The van der Waals surface area contributed by atoms with Gasteiger partial charge < -0.3 is 0 Å². The summed E-state index contributed by atoms with van der Waals surface area (Å²) in [6, 6.07) is 122. The summed E-state index contributed by atoms with van der Waals surface area (Å²) in [4.78, 5) is 10.3. The largest absolute Gasteiger partial charge is 0.292 e. The first-order valence-corrected chi connectivity index (χ1v) is 30.8. The summed E-state index contributed by atoms with van der Waals surface area (Å²) < 4.78 is 4.54. The minimum absolute atomic E-state index is 0.940. The van der Waals surface area contributed by atoms with Crippen molar-refractivity contribution in [2.45, 2.75) is 0 Å². The summed E-state index contributed by atoms with van der Waals surface area (Å²) >= 11 is 0. The summed E-state index contributed by atoms with van der Waals surface area (Å²) in [7, 11) is 0. The number of imidazole rings is 2. The maximum absolute atomic E-state index is 5.26. The monoisotopic (exact) mass is 1140 g/mol. The fraction of sp³-hybridized carbons (Fsp3) is 0. The van der Waals surface area contributed by atoms with Crippen molar-refractivity contribution in [3.05, 3.63) is 340 Å². The smallest absolute Gasteiger partial charge is 0.145 e. The van der Waals surface area contributed by atoms with E-state index in [9.17, 15) is 0 Å². The Morgan fingerprint density at radius 1 is 0.189 bits per heavy atom. The maximum atomic E-state index is 5.26. The molecular formula is C86H56N4. The molecule has 4 nitrogen and oxygen atoms in total. The van der Waals surface area contributed by atoms with Gasteiger partial charge in [0.2, 0.25) is 0 Å². The average molecular weight is 1150 g/mol. The van der Waals surface area contributed by atoms with Crippen LogP contribution < -0.4 is 0 Å². The van der Waals surface area contributed by atoms with E-state index in [4.69, 9.17) is 9.97 Å². The molecule has 0 aliphatic carbocycles. The summed E-state index contributed by atoms with van der Waals surface area (Å²) in [5.74, 6) is 1.88. The molecule has 0 spiro atoms. The van der Waals surface area contributed by atoms with Gasteiger partial charge in [0.1, 0.15) is 11.6 Å². The fourth-order valence-corrected chi connectivity index (χ4v) is 13.9. The zero-order valence-electron chi connectivity index (χ0n) is 49.1. The lowest BCUT2D eigenvalue weighted by molar-refractivity contribution is 1.10. The first kappa shape index (κ1) is 52.4. The number of nitrogens with zero attached hydrogens (tertiary/aromatic N) is 4. The molecule has 90 heavy (non-hydrogen) atoms. The standard InChI is InChI=1S/2C43H28N2/c1-3-14-30(15-4-1)43-44-39-28-33(25-26-40(39)45(43)34-17-5-2-6-18-34)42-37-21-11-9-19-35(37)41(36-20-10-12-22-38(36)42)32-24-23-29-13-7-8-16-31(29)27-32;1-2-13-31(14-3-1)43-44-39-20-10-11-21-40(39)45(43)34-26-24-30(25-27-34)41-35-16-6-8-18-37(35)42(38-19-9-7-17-36(38)41)33-23-22-29-12-4-5-15-32(29)28-33/h2*1-28H. The number of hydrogen-bond acceptors (Lipinski definition) is 2. The van der Waals surface area contributed by atoms with Gasteiger partial charge in [-0.25, -0.2) is 9.97 Å². The predicted octanol–water partition coefficient (Wildman–Crippen LogP) is 23.0. The van der Waals surface area contributed by atoms with Crippen LogP contribution in [0.3, 0.4) is 0 Å². The zero-order valence-corrected chi connectivity index (χ0v) is 49.1. The number of rotatable bonds is 8. The minimum Gasteiger partial charge on any atom is -0.292 e. The minimum atomic E-state index is 0.940. The van der Waals surface area contributed by atoms with Gasteiger partial charge >= 0.3 is 0 Å². The van der Waals surface area contributed by atoms with Crippen molar-refractivity contribution in [3.63, 3.8) is 0 Å². The van der Waals surface area contributed by atoms with Gasteiger partial charge in [-0.15, -0.1) is 0 Å². The predicted molar refractivity (Wildman–Crippen MR) is 380 cm³/mol. The molecule has 0 saturated carbocycles. The fourth-order valence-electron chi connectivity index (χ4n) is 13.9. The first-order valence-electron chi connectivity index (χ1n) is 30.8. The third kappa shape index (κ3) is 9.00. The molecule has 0 amide bonds. The molecule has 0 saturated heterocycles. The van der Waals surface area contributed by atoms with E-state index in [0.29, 0.717) is 0 Å².